The van der Waals surface area contributed by atoms with Crippen LogP contribution in [0.2, 0.25) is 0 Å². The number of hydrogen-bond donors (Lipinski definition) is 1. The van der Waals surface area contributed by atoms with E-state index in [1.165, 1.54) is 0 Å². The van der Waals surface area contributed by atoms with E-state index in [2.05, 4.69) is 21.2 Å². The molecule has 1 aliphatic rings. The number of amides is 2. The van der Waals surface area contributed by atoms with Crippen LogP contribution in [0.3, 0.4) is 0 Å². The number of ether oxygens (including phenoxy) is 1. The number of likely N-dealkylation sites (tertiary alicyclic amines) is 1. The lowest BCUT2D eigenvalue weighted by atomic mass is 9.93. The van der Waals surface area contributed by atoms with Crippen molar-refractivity contribution in [3.8, 4) is 0 Å². The molecule has 20 heavy (non-hydrogen) atoms. The molecule has 2 amide bonds. The van der Waals surface area contributed by atoms with Crippen LogP contribution in [-0.2, 0) is 9.53 Å². The summed E-state index contributed by atoms with van der Waals surface area (Å²) < 4.78 is 5.20. The Kier molecular flexibility index (Phi) is 5.46. The van der Waals surface area contributed by atoms with Crippen molar-refractivity contribution in [3.05, 3.63) is 0 Å². The van der Waals surface area contributed by atoms with Gasteiger partial charge >= 0.3 is 6.09 Å². The van der Waals surface area contributed by atoms with Gasteiger partial charge in [0.2, 0.25) is 5.91 Å². The van der Waals surface area contributed by atoms with E-state index in [-0.39, 0.29) is 16.1 Å². The number of halogens is 1. The average molecular weight is 349 g/mol. The molecule has 0 radical (unpaired) electrons. The maximum atomic E-state index is 11.8. The van der Waals surface area contributed by atoms with E-state index in [0.717, 1.165) is 6.54 Å². The summed E-state index contributed by atoms with van der Waals surface area (Å²) in [5, 5.41) is 2.77. The second-order valence-electron chi connectivity index (χ2n) is 7.10. The highest BCUT2D eigenvalue weighted by Crippen LogP contribution is 2.23. The van der Waals surface area contributed by atoms with Crippen molar-refractivity contribution in [2.45, 2.75) is 51.5 Å². The van der Waals surface area contributed by atoms with Crippen LogP contribution in [-0.4, -0.2) is 47.0 Å². The lowest BCUT2D eigenvalue weighted by Gasteiger charge is -2.31. The Morgan fingerprint density at radius 1 is 1.40 bits per heavy atom. The summed E-state index contributed by atoms with van der Waals surface area (Å²) in [5.74, 6) is 0.164. The zero-order chi connectivity index (χ0) is 15.6. The van der Waals surface area contributed by atoms with Crippen LogP contribution in [0.1, 0.15) is 41.0 Å². The van der Waals surface area contributed by atoms with Crippen LogP contribution in [0.5, 0.6) is 0 Å². The predicted octanol–water partition coefficient (Wildman–Crippen LogP) is 2.53. The topological polar surface area (TPSA) is 58.6 Å². The van der Waals surface area contributed by atoms with Crippen molar-refractivity contribution >= 4 is 27.9 Å². The number of alkyl halides is 1. The Morgan fingerprint density at radius 2 is 2.00 bits per heavy atom. The van der Waals surface area contributed by atoms with Gasteiger partial charge in [0, 0.05) is 30.9 Å². The predicted molar refractivity (Wildman–Crippen MR) is 81.9 cm³/mol. The summed E-state index contributed by atoms with van der Waals surface area (Å²) in [5.41, 5.74) is -0.689. The molecule has 0 aliphatic carbocycles. The lowest BCUT2D eigenvalue weighted by molar-refractivity contribution is -0.128. The Morgan fingerprint density at radius 3 is 2.45 bits per heavy atom. The van der Waals surface area contributed by atoms with Gasteiger partial charge in [0.25, 0.3) is 0 Å². The van der Waals surface area contributed by atoms with Gasteiger partial charge in [-0.1, -0.05) is 29.8 Å². The van der Waals surface area contributed by atoms with E-state index < -0.39 is 11.7 Å². The third kappa shape index (κ3) is 6.11. The molecule has 1 heterocycles. The van der Waals surface area contributed by atoms with E-state index in [1.54, 1.807) is 0 Å². The van der Waals surface area contributed by atoms with Gasteiger partial charge in [-0.2, -0.15) is 0 Å². The van der Waals surface area contributed by atoms with Gasteiger partial charge in [0.15, 0.2) is 0 Å². The molecule has 5 nitrogen and oxygen atoms in total. The standard InChI is InChI=1S/C14H25BrN2O3/c1-13(2,3)20-12(19)16-8-14(4,5)9-17-7-10(15)6-11(17)18/h10H,6-9H2,1-5H3,(H,16,19). The fourth-order valence-corrected chi connectivity index (χ4v) is 2.70. The van der Waals surface area contributed by atoms with Crippen LogP contribution in [0, 0.1) is 5.41 Å². The minimum atomic E-state index is -0.498. The SMILES string of the molecule is CC(C)(CNC(=O)OC(C)(C)C)CN1CC(Br)CC1=O. The van der Waals surface area contributed by atoms with Gasteiger partial charge in [0.05, 0.1) is 0 Å². The average Bonchev–Trinajstić information content (AvgIpc) is 2.51. The smallest absolute Gasteiger partial charge is 0.407 e. The molecule has 0 aromatic carbocycles. The third-order valence-electron chi connectivity index (χ3n) is 2.90. The molecule has 1 unspecified atom stereocenters. The van der Waals surface area contributed by atoms with Crippen LogP contribution < -0.4 is 5.32 Å². The Labute approximate surface area is 129 Å². The Balaban J connectivity index is 2.42. The van der Waals surface area contributed by atoms with Crippen molar-refractivity contribution in [1.29, 1.82) is 0 Å². The number of nitrogens with zero attached hydrogens (tertiary/aromatic N) is 1. The second kappa shape index (κ2) is 6.33. The molecule has 6 heteroatoms. The second-order valence-corrected chi connectivity index (χ2v) is 8.39. The van der Waals surface area contributed by atoms with Crippen LogP contribution in [0.4, 0.5) is 4.79 Å². The molecule has 116 valence electrons. The summed E-state index contributed by atoms with van der Waals surface area (Å²) in [6.07, 6.45) is 0.131. The van der Waals surface area contributed by atoms with Crippen molar-refractivity contribution in [1.82, 2.24) is 10.2 Å². The molecule has 0 bridgehead atoms. The fourth-order valence-electron chi connectivity index (χ4n) is 2.08. The van der Waals surface area contributed by atoms with E-state index >= 15 is 0 Å². The quantitative estimate of drug-likeness (QED) is 0.794. The highest BCUT2D eigenvalue weighted by Gasteiger charge is 2.32. The largest absolute Gasteiger partial charge is 0.444 e. The van der Waals surface area contributed by atoms with Crippen LogP contribution >= 0.6 is 15.9 Å². The first-order valence-corrected chi connectivity index (χ1v) is 7.79. The minimum absolute atomic E-state index is 0.164. The van der Waals surface area contributed by atoms with Gasteiger partial charge in [-0.25, -0.2) is 4.79 Å². The molecule has 1 N–H and O–H groups in total. The Hall–Kier alpha value is -0.780. The number of carbonyl (C=O) groups is 2. The summed E-state index contributed by atoms with van der Waals surface area (Å²) in [7, 11) is 0. The molecule has 1 saturated heterocycles. The minimum Gasteiger partial charge on any atom is -0.444 e. The lowest BCUT2D eigenvalue weighted by Crippen LogP contribution is -2.44. The Bertz CT molecular complexity index is 377. The fraction of sp³-hybridized carbons (Fsp3) is 0.857. The number of rotatable bonds is 4. The van der Waals surface area contributed by atoms with E-state index in [4.69, 9.17) is 4.74 Å². The molecule has 0 aromatic heterocycles. The van der Waals surface area contributed by atoms with E-state index in [0.29, 0.717) is 19.5 Å². The molecule has 1 rings (SSSR count). The molecule has 1 fully saturated rings. The monoisotopic (exact) mass is 348 g/mol. The molecule has 1 aliphatic heterocycles. The van der Waals surface area contributed by atoms with Gasteiger partial charge in [-0.05, 0) is 26.2 Å². The van der Waals surface area contributed by atoms with Gasteiger partial charge in [-0.15, -0.1) is 0 Å². The first-order chi connectivity index (χ1) is 8.98. The van der Waals surface area contributed by atoms with Crippen molar-refractivity contribution in [3.63, 3.8) is 0 Å². The maximum Gasteiger partial charge on any atom is 0.407 e. The molecule has 0 saturated carbocycles. The number of hydrogen-bond acceptors (Lipinski definition) is 3. The molecule has 0 spiro atoms. The summed E-state index contributed by atoms with van der Waals surface area (Å²) in [6, 6.07) is 0. The first-order valence-electron chi connectivity index (χ1n) is 6.87. The molecule has 0 aromatic rings. The highest BCUT2D eigenvalue weighted by molar-refractivity contribution is 9.09. The first kappa shape index (κ1) is 17.3. The molecule has 1 atom stereocenters. The summed E-state index contributed by atoms with van der Waals surface area (Å²) >= 11 is 3.47. The molecular formula is C14H25BrN2O3. The summed E-state index contributed by atoms with van der Waals surface area (Å²) in [6.45, 7) is 11.4. The maximum absolute atomic E-state index is 11.8. The van der Waals surface area contributed by atoms with Crippen molar-refractivity contribution < 1.29 is 14.3 Å². The number of carbonyl (C=O) groups excluding carboxylic acids is 2. The van der Waals surface area contributed by atoms with E-state index in [9.17, 15) is 9.59 Å². The van der Waals surface area contributed by atoms with Crippen LogP contribution in [0.15, 0.2) is 0 Å². The van der Waals surface area contributed by atoms with Gasteiger partial charge in [0.1, 0.15) is 5.60 Å². The van der Waals surface area contributed by atoms with Crippen molar-refractivity contribution in [2.75, 3.05) is 19.6 Å². The number of alkyl carbamates (subject to hydrolysis) is 1. The van der Waals surface area contributed by atoms with E-state index in [1.807, 2.05) is 39.5 Å². The van der Waals surface area contributed by atoms with Gasteiger partial charge in [-0.3, -0.25) is 4.79 Å². The van der Waals surface area contributed by atoms with Gasteiger partial charge < -0.3 is 15.0 Å². The van der Waals surface area contributed by atoms with Crippen LogP contribution in [0.25, 0.3) is 0 Å². The molecular weight excluding hydrogens is 324 g/mol. The third-order valence-corrected chi connectivity index (χ3v) is 3.51. The highest BCUT2D eigenvalue weighted by atomic mass is 79.9. The normalized spacial score (nSPS) is 20.2. The summed E-state index contributed by atoms with van der Waals surface area (Å²) in [4.78, 5) is 25.5. The zero-order valence-corrected chi connectivity index (χ0v) is 14.5. The van der Waals surface area contributed by atoms with Crippen molar-refractivity contribution in [2.24, 2.45) is 5.41 Å². The zero-order valence-electron chi connectivity index (χ0n) is 13.0. The number of nitrogens with one attached hydrogen (secondary N) is 1.